The van der Waals surface area contributed by atoms with Crippen molar-refractivity contribution >= 4 is 44.4 Å². The highest BCUT2D eigenvalue weighted by atomic mass is 79.9. The monoisotopic (exact) mass is 450 g/mol. The Kier molecular flexibility index (Phi) is 7.31. The Labute approximate surface area is 147 Å². The average molecular weight is 452 g/mol. The van der Waals surface area contributed by atoms with Gasteiger partial charge in [0.05, 0.1) is 27.2 Å². The van der Waals surface area contributed by atoms with Gasteiger partial charge in [-0.3, -0.25) is 9.59 Å². The second-order valence-corrected chi connectivity index (χ2v) is 5.78. The molecule has 2 aromatic rings. The molecule has 0 aliphatic heterocycles. The summed E-state index contributed by atoms with van der Waals surface area (Å²) in [5.74, 6) is -0.908. The van der Waals surface area contributed by atoms with Crippen molar-refractivity contribution in [3.8, 4) is 11.5 Å². The van der Waals surface area contributed by atoms with Gasteiger partial charge in [-0.15, -0.1) is 0 Å². The zero-order valence-corrected chi connectivity index (χ0v) is 14.8. The number of rotatable bonds is 3. The first kappa shape index (κ1) is 19.2. The summed E-state index contributed by atoms with van der Waals surface area (Å²) in [6.45, 7) is 0. The SMILES string of the molecule is COc1c(Br)cc(F)cc1C=O.O=Cc1cc(F)cc(Br)c1O. The smallest absolute Gasteiger partial charge is 0.153 e. The lowest BCUT2D eigenvalue weighted by atomic mass is 10.2. The fourth-order valence-corrected chi connectivity index (χ4v) is 2.62. The molecule has 0 spiro atoms. The van der Waals surface area contributed by atoms with Crippen LogP contribution in [0.4, 0.5) is 8.78 Å². The van der Waals surface area contributed by atoms with E-state index in [4.69, 9.17) is 9.84 Å². The van der Waals surface area contributed by atoms with Crippen LogP contribution in [-0.4, -0.2) is 24.8 Å². The molecule has 122 valence electrons. The summed E-state index contributed by atoms with van der Waals surface area (Å²) in [5.41, 5.74) is 0.140. The Bertz CT molecular complexity index is 736. The van der Waals surface area contributed by atoms with Gasteiger partial charge in [-0.2, -0.15) is 0 Å². The Balaban J connectivity index is 0.000000231. The molecule has 0 amide bonds. The standard InChI is InChI=1S/C8H6BrFO2.C7H4BrFO2/c1-12-8-5(4-11)2-6(10)3-7(8)9;8-6-2-5(9)1-4(3-10)7(6)11/h2-4H,1H3;1-3,11H. The summed E-state index contributed by atoms with van der Waals surface area (Å²) in [5, 5.41) is 9.08. The van der Waals surface area contributed by atoms with E-state index in [2.05, 4.69) is 31.9 Å². The van der Waals surface area contributed by atoms with Gasteiger partial charge in [0.25, 0.3) is 0 Å². The number of methoxy groups -OCH3 is 1. The molecule has 0 bridgehead atoms. The van der Waals surface area contributed by atoms with Crippen LogP contribution in [0.5, 0.6) is 11.5 Å². The van der Waals surface area contributed by atoms with E-state index in [0.29, 0.717) is 22.8 Å². The van der Waals surface area contributed by atoms with Crippen LogP contribution in [0.2, 0.25) is 0 Å². The van der Waals surface area contributed by atoms with Gasteiger partial charge in [-0.05, 0) is 56.1 Å². The van der Waals surface area contributed by atoms with Crippen LogP contribution < -0.4 is 4.74 Å². The topological polar surface area (TPSA) is 63.6 Å². The third kappa shape index (κ3) is 5.11. The number of ether oxygens (including phenoxy) is 1. The van der Waals surface area contributed by atoms with Gasteiger partial charge in [-0.25, -0.2) is 8.78 Å². The van der Waals surface area contributed by atoms with Gasteiger partial charge in [0.1, 0.15) is 23.1 Å². The first-order chi connectivity index (χ1) is 10.8. The molecule has 0 atom stereocenters. The first-order valence-electron chi connectivity index (χ1n) is 5.95. The molecular formula is C15H10Br2F2O4. The third-order valence-electron chi connectivity index (χ3n) is 2.55. The number of hydrogen-bond acceptors (Lipinski definition) is 4. The molecule has 0 saturated heterocycles. The number of carbonyl (C=O) groups excluding carboxylic acids is 2. The van der Waals surface area contributed by atoms with Crippen molar-refractivity contribution in [2.45, 2.75) is 0 Å². The van der Waals surface area contributed by atoms with Gasteiger partial charge in [0.2, 0.25) is 0 Å². The number of aldehydes is 2. The summed E-state index contributed by atoms with van der Waals surface area (Å²) < 4.78 is 30.7. The highest BCUT2D eigenvalue weighted by molar-refractivity contribution is 9.10. The zero-order chi connectivity index (χ0) is 17.6. The van der Waals surface area contributed by atoms with Crippen molar-refractivity contribution < 1.29 is 28.2 Å². The van der Waals surface area contributed by atoms with E-state index in [1.54, 1.807) is 0 Å². The van der Waals surface area contributed by atoms with Crippen molar-refractivity contribution in [3.05, 3.63) is 56.0 Å². The molecule has 0 unspecified atom stereocenters. The molecule has 2 rings (SSSR count). The molecule has 0 heterocycles. The van der Waals surface area contributed by atoms with Crippen LogP contribution in [-0.2, 0) is 0 Å². The van der Waals surface area contributed by atoms with Crippen LogP contribution in [0, 0.1) is 11.6 Å². The molecule has 23 heavy (non-hydrogen) atoms. The number of carbonyl (C=O) groups is 2. The minimum atomic E-state index is -0.559. The Morgan fingerprint density at radius 2 is 1.43 bits per heavy atom. The molecule has 0 aliphatic rings. The minimum absolute atomic E-state index is 0.0584. The maximum atomic E-state index is 12.7. The zero-order valence-electron chi connectivity index (χ0n) is 11.6. The summed E-state index contributed by atoms with van der Waals surface area (Å²) in [4.78, 5) is 20.6. The number of benzene rings is 2. The minimum Gasteiger partial charge on any atom is -0.506 e. The average Bonchev–Trinajstić information content (AvgIpc) is 2.50. The molecule has 0 fully saturated rings. The Morgan fingerprint density at radius 3 is 1.91 bits per heavy atom. The lowest BCUT2D eigenvalue weighted by Crippen LogP contribution is -1.92. The lowest BCUT2D eigenvalue weighted by Gasteiger charge is -2.05. The van der Waals surface area contributed by atoms with Crippen LogP contribution in [0.3, 0.4) is 0 Å². The number of phenolic OH excluding ortho intramolecular Hbond substituents is 1. The fraction of sp³-hybridized carbons (Fsp3) is 0.0667. The van der Waals surface area contributed by atoms with Crippen LogP contribution in [0.15, 0.2) is 33.2 Å². The van der Waals surface area contributed by atoms with Crippen LogP contribution >= 0.6 is 31.9 Å². The first-order valence-corrected chi connectivity index (χ1v) is 7.54. The number of hydrogen-bond donors (Lipinski definition) is 1. The van der Waals surface area contributed by atoms with E-state index >= 15 is 0 Å². The van der Waals surface area contributed by atoms with E-state index in [1.807, 2.05) is 0 Å². The molecular weight excluding hydrogens is 442 g/mol. The van der Waals surface area contributed by atoms with Crippen molar-refractivity contribution in [2.24, 2.45) is 0 Å². The van der Waals surface area contributed by atoms with Crippen molar-refractivity contribution in [3.63, 3.8) is 0 Å². The molecule has 2 aromatic carbocycles. The highest BCUT2D eigenvalue weighted by Crippen LogP contribution is 2.29. The normalized spacial score (nSPS) is 9.61. The van der Waals surface area contributed by atoms with Crippen molar-refractivity contribution in [2.75, 3.05) is 7.11 Å². The summed E-state index contributed by atoms with van der Waals surface area (Å²) >= 11 is 5.96. The van der Waals surface area contributed by atoms with Crippen LogP contribution in [0.1, 0.15) is 20.7 Å². The second kappa shape index (κ2) is 8.73. The molecule has 1 N–H and O–H groups in total. The quantitative estimate of drug-likeness (QED) is 0.697. The maximum absolute atomic E-state index is 12.7. The van der Waals surface area contributed by atoms with Gasteiger partial charge in [0.15, 0.2) is 12.6 Å². The highest BCUT2D eigenvalue weighted by Gasteiger charge is 2.08. The molecule has 0 saturated carbocycles. The summed E-state index contributed by atoms with van der Waals surface area (Å²) in [6, 6.07) is 4.41. The predicted octanol–water partition coefficient (Wildman–Crippen LogP) is 4.52. The lowest BCUT2D eigenvalue weighted by molar-refractivity contribution is 0.111. The molecule has 8 heteroatoms. The van der Waals surface area contributed by atoms with Gasteiger partial charge >= 0.3 is 0 Å². The fourth-order valence-electron chi connectivity index (χ4n) is 1.56. The van der Waals surface area contributed by atoms with E-state index in [-0.39, 0.29) is 21.3 Å². The van der Waals surface area contributed by atoms with E-state index < -0.39 is 11.6 Å². The van der Waals surface area contributed by atoms with Crippen LogP contribution in [0.25, 0.3) is 0 Å². The second-order valence-electron chi connectivity index (χ2n) is 4.07. The van der Waals surface area contributed by atoms with Crippen molar-refractivity contribution in [1.82, 2.24) is 0 Å². The molecule has 0 radical (unpaired) electrons. The number of phenols is 1. The number of aromatic hydroxyl groups is 1. The molecule has 0 aromatic heterocycles. The van der Waals surface area contributed by atoms with E-state index in [9.17, 15) is 18.4 Å². The number of halogens is 4. The summed E-state index contributed by atoms with van der Waals surface area (Å²) in [7, 11) is 1.42. The largest absolute Gasteiger partial charge is 0.506 e. The predicted molar refractivity (Wildman–Crippen MR) is 87.2 cm³/mol. The van der Waals surface area contributed by atoms with Crippen molar-refractivity contribution in [1.29, 1.82) is 0 Å². The maximum Gasteiger partial charge on any atom is 0.153 e. The molecule has 0 aliphatic carbocycles. The Morgan fingerprint density at radius 1 is 0.957 bits per heavy atom. The third-order valence-corrected chi connectivity index (χ3v) is 3.75. The van der Waals surface area contributed by atoms with Gasteiger partial charge in [-0.1, -0.05) is 0 Å². The van der Waals surface area contributed by atoms with E-state index in [1.165, 1.54) is 13.2 Å². The van der Waals surface area contributed by atoms with Gasteiger partial charge in [0, 0.05) is 0 Å². The van der Waals surface area contributed by atoms with Gasteiger partial charge < -0.3 is 9.84 Å². The van der Waals surface area contributed by atoms with E-state index in [0.717, 1.165) is 18.2 Å². The Hall–Kier alpha value is -1.80. The summed E-state index contributed by atoms with van der Waals surface area (Å²) in [6.07, 6.45) is 0.940. The molecule has 4 nitrogen and oxygen atoms in total.